The van der Waals surface area contributed by atoms with Crippen LogP contribution in [0.15, 0.2) is 41.4 Å². The number of halogens is 3. The molecule has 26 heavy (non-hydrogen) atoms. The van der Waals surface area contributed by atoms with E-state index in [1.807, 2.05) is 24.3 Å². The van der Waals surface area contributed by atoms with Gasteiger partial charge in [0.15, 0.2) is 0 Å². The number of rotatable bonds is 5. The van der Waals surface area contributed by atoms with Gasteiger partial charge in [0.05, 0.1) is 22.2 Å². The molecule has 2 unspecified atom stereocenters. The first-order valence-corrected chi connectivity index (χ1v) is 9.49. The molecule has 1 aliphatic rings. The molecule has 6 heteroatoms. The number of fused-ring (bicyclic) bond motifs is 1. The summed E-state index contributed by atoms with van der Waals surface area (Å²) < 4.78 is 0. The third-order valence-electron chi connectivity index (χ3n) is 4.70. The molecule has 0 spiro atoms. The van der Waals surface area contributed by atoms with Crippen molar-refractivity contribution in [2.24, 2.45) is 10.9 Å². The number of aliphatic carboxylic acids is 1. The number of hydrogen-bond acceptors (Lipinski definition) is 2. The minimum absolute atomic E-state index is 0.00606. The lowest BCUT2D eigenvalue weighted by molar-refractivity contribution is -0.137. The quantitative estimate of drug-likeness (QED) is 0.606. The second-order valence-corrected chi connectivity index (χ2v) is 7.90. The van der Waals surface area contributed by atoms with Gasteiger partial charge in [-0.25, -0.2) is 0 Å². The first-order chi connectivity index (χ1) is 12.3. The van der Waals surface area contributed by atoms with E-state index < -0.39 is 5.97 Å². The Labute approximate surface area is 167 Å². The van der Waals surface area contributed by atoms with E-state index in [9.17, 15) is 9.90 Å². The number of carboxylic acid groups (broad SMARTS) is 1. The van der Waals surface area contributed by atoms with Crippen molar-refractivity contribution < 1.29 is 9.90 Å². The fourth-order valence-corrected chi connectivity index (χ4v) is 3.78. The van der Waals surface area contributed by atoms with Crippen LogP contribution in [0.4, 0.5) is 5.69 Å². The van der Waals surface area contributed by atoms with Crippen molar-refractivity contribution in [3.63, 3.8) is 0 Å². The number of aliphatic imine (C=N–C) groups is 1. The second-order valence-electron chi connectivity index (χ2n) is 6.65. The minimum atomic E-state index is -0.853. The molecule has 0 aromatic heterocycles. The third-order valence-corrected chi connectivity index (χ3v) is 5.67. The Balaban J connectivity index is 1.93. The zero-order chi connectivity index (χ0) is 18.8. The Hall–Kier alpha value is -1.55. The largest absolute Gasteiger partial charge is 0.481 e. The highest BCUT2D eigenvalue weighted by atomic mass is 35.5. The number of benzene rings is 2. The van der Waals surface area contributed by atoms with Crippen LogP contribution in [0.1, 0.15) is 36.8 Å². The Kier molecular flexibility index (Phi) is 5.91. The molecular weight excluding hydrogens is 393 g/mol. The Morgan fingerprint density at radius 3 is 2.65 bits per heavy atom. The highest BCUT2D eigenvalue weighted by Crippen LogP contribution is 2.36. The molecular formula is C20H18Cl3NO2. The molecule has 136 valence electrons. The topological polar surface area (TPSA) is 49.7 Å². The van der Waals surface area contributed by atoms with Crippen LogP contribution in [-0.4, -0.2) is 16.8 Å². The van der Waals surface area contributed by atoms with Crippen LogP contribution in [0.25, 0.3) is 0 Å². The summed E-state index contributed by atoms with van der Waals surface area (Å²) in [6.07, 6.45) is 1.43. The van der Waals surface area contributed by atoms with Gasteiger partial charge in [0.2, 0.25) is 0 Å². The molecule has 0 bridgehead atoms. The van der Waals surface area contributed by atoms with Gasteiger partial charge in [0, 0.05) is 10.7 Å². The lowest BCUT2D eigenvalue weighted by atomic mass is 9.83. The lowest BCUT2D eigenvalue weighted by Crippen LogP contribution is -2.21. The monoisotopic (exact) mass is 409 g/mol. The van der Waals surface area contributed by atoms with E-state index in [4.69, 9.17) is 39.8 Å². The van der Waals surface area contributed by atoms with E-state index in [-0.39, 0.29) is 18.3 Å². The van der Waals surface area contributed by atoms with Crippen LogP contribution in [0.5, 0.6) is 0 Å². The zero-order valence-electron chi connectivity index (χ0n) is 14.2. The van der Waals surface area contributed by atoms with Gasteiger partial charge in [-0.3, -0.25) is 9.79 Å². The maximum absolute atomic E-state index is 11.4. The Bertz CT molecular complexity index is 879. The van der Waals surface area contributed by atoms with Gasteiger partial charge in [-0.2, -0.15) is 0 Å². The average molecular weight is 411 g/mol. The molecule has 1 aliphatic heterocycles. The van der Waals surface area contributed by atoms with E-state index in [1.54, 1.807) is 12.1 Å². The third kappa shape index (κ3) is 4.40. The molecule has 1 N–H and O–H groups in total. The summed E-state index contributed by atoms with van der Waals surface area (Å²) in [5.74, 6) is -0.833. The predicted molar refractivity (Wildman–Crippen MR) is 107 cm³/mol. The van der Waals surface area contributed by atoms with Gasteiger partial charge in [0.1, 0.15) is 0 Å². The van der Waals surface area contributed by atoms with E-state index in [0.29, 0.717) is 21.5 Å². The van der Waals surface area contributed by atoms with Crippen molar-refractivity contribution in [2.45, 2.75) is 32.1 Å². The summed E-state index contributed by atoms with van der Waals surface area (Å²) in [6, 6.07) is 11.0. The van der Waals surface area contributed by atoms with Crippen LogP contribution in [0.2, 0.25) is 15.1 Å². The second kappa shape index (κ2) is 7.99. The SMILES string of the molecule is CC1Cc2ccc(Cl)cc2N=C1CC(CC(=O)O)c1ccc(Cl)c(Cl)c1. The van der Waals surface area contributed by atoms with E-state index in [0.717, 1.165) is 28.9 Å². The van der Waals surface area contributed by atoms with Crippen molar-refractivity contribution in [3.8, 4) is 0 Å². The van der Waals surface area contributed by atoms with E-state index in [2.05, 4.69) is 6.92 Å². The van der Waals surface area contributed by atoms with Crippen molar-refractivity contribution in [1.82, 2.24) is 0 Å². The van der Waals surface area contributed by atoms with Gasteiger partial charge in [-0.15, -0.1) is 0 Å². The first kappa shape index (κ1) is 19.2. The molecule has 0 fully saturated rings. The molecule has 3 rings (SSSR count). The zero-order valence-corrected chi connectivity index (χ0v) is 16.4. The van der Waals surface area contributed by atoms with Crippen molar-refractivity contribution >= 4 is 52.2 Å². The highest BCUT2D eigenvalue weighted by Gasteiger charge is 2.25. The Morgan fingerprint density at radius 2 is 1.96 bits per heavy atom. The first-order valence-electron chi connectivity index (χ1n) is 8.36. The molecule has 1 heterocycles. The Morgan fingerprint density at radius 1 is 1.19 bits per heavy atom. The maximum atomic E-state index is 11.4. The van der Waals surface area contributed by atoms with Crippen molar-refractivity contribution in [1.29, 1.82) is 0 Å². The normalized spacial score (nSPS) is 17.4. The highest BCUT2D eigenvalue weighted by molar-refractivity contribution is 6.42. The summed E-state index contributed by atoms with van der Waals surface area (Å²) in [4.78, 5) is 16.2. The van der Waals surface area contributed by atoms with E-state index >= 15 is 0 Å². The molecule has 0 aliphatic carbocycles. The van der Waals surface area contributed by atoms with Crippen molar-refractivity contribution in [3.05, 3.63) is 62.6 Å². The standard InChI is InChI=1S/C20H18Cl3NO2/c1-11-6-13-2-4-15(21)10-19(13)24-18(11)8-14(9-20(25)26)12-3-5-16(22)17(23)7-12/h2-5,7,10-11,14H,6,8-9H2,1H3,(H,25,26). The number of carbonyl (C=O) groups is 1. The van der Waals surface area contributed by atoms with Gasteiger partial charge in [0.25, 0.3) is 0 Å². The summed E-state index contributed by atoms with van der Waals surface area (Å²) in [5.41, 5.74) is 3.87. The molecule has 0 saturated heterocycles. The van der Waals surface area contributed by atoms with Gasteiger partial charge in [-0.05, 0) is 60.1 Å². The molecule has 2 aromatic rings. The van der Waals surface area contributed by atoms with Crippen LogP contribution >= 0.6 is 34.8 Å². The molecule has 0 amide bonds. The molecule has 3 nitrogen and oxygen atoms in total. The summed E-state index contributed by atoms with van der Waals surface area (Å²) >= 11 is 18.2. The van der Waals surface area contributed by atoms with Crippen molar-refractivity contribution in [2.75, 3.05) is 0 Å². The molecule has 0 radical (unpaired) electrons. The number of hydrogen-bond donors (Lipinski definition) is 1. The van der Waals surface area contributed by atoms with Gasteiger partial charge in [-0.1, -0.05) is 53.9 Å². The van der Waals surface area contributed by atoms with Crippen LogP contribution < -0.4 is 0 Å². The van der Waals surface area contributed by atoms with Crippen LogP contribution in [0.3, 0.4) is 0 Å². The summed E-state index contributed by atoms with van der Waals surface area (Å²) in [7, 11) is 0. The fourth-order valence-electron chi connectivity index (χ4n) is 3.31. The molecule has 2 atom stereocenters. The van der Waals surface area contributed by atoms with Crippen LogP contribution in [-0.2, 0) is 11.2 Å². The number of nitrogens with zero attached hydrogens (tertiary/aromatic N) is 1. The summed E-state index contributed by atoms with van der Waals surface area (Å²) in [6.45, 7) is 2.11. The number of carboxylic acids is 1. The van der Waals surface area contributed by atoms with Crippen LogP contribution in [0, 0.1) is 5.92 Å². The molecule has 2 aromatic carbocycles. The van der Waals surface area contributed by atoms with Gasteiger partial charge >= 0.3 is 5.97 Å². The predicted octanol–water partition coefficient (Wildman–Crippen LogP) is 6.56. The maximum Gasteiger partial charge on any atom is 0.303 e. The smallest absolute Gasteiger partial charge is 0.303 e. The van der Waals surface area contributed by atoms with E-state index in [1.165, 1.54) is 0 Å². The van der Waals surface area contributed by atoms with Gasteiger partial charge < -0.3 is 5.11 Å². The fraction of sp³-hybridized carbons (Fsp3) is 0.300. The summed E-state index contributed by atoms with van der Waals surface area (Å²) in [5, 5.41) is 10.9. The lowest BCUT2D eigenvalue weighted by Gasteiger charge is -2.25. The molecule has 0 saturated carbocycles. The average Bonchev–Trinajstić information content (AvgIpc) is 2.57. The minimum Gasteiger partial charge on any atom is -0.481 e.